The Kier molecular flexibility index (Phi) is 21.3. The molecule has 7 nitrogen and oxygen atoms in total. The van der Waals surface area contributed by atoms with Gasteiger partial charge in [-0.25, -0.2) is 0 Å². The summed E-state index contributed by atoms with van der Waals surface area (Å²) in [5.41, 5.74) is 26.5. The van der Waals surface area contributed by atoms with Crippen LogP contribution in [0.3, 0.4) is 0 Å². The van der Waals surface area contributed by atoms with Crippen molar-refractivity contribution in [3.63, 3.8) is 0 Å². The van der Waals surface area contributed by atoms with Gasteiger partial charge in [-0.2, -0.15) is 0 Å². The lowest BCUT2D eigenvalue weighted by atomic mass is 10.0. The largest absolute Gasteiger partial charge is 0.456 e. The number of nitrogens with zero attached hydrogens (tertiary/aromatic N) is 6. The van der Waals surface area contributed by atoms with Crippen molar-refractivity contribution in [3.05, 3.63) is 510 Å². The average Bonchev–Trinajstić information content (AvgIpc) is 1.62. The first kappa shape index (κ1) is 82.0. The number of hydrogen-bond donors (Lipinski definition) is 0. The summed E-state index contributed by atoms with van der Waals surface area (Å²) in [5.74, 6) is 0. The lowest BCUT2D eigenvalue weighted by Gasteiger charge is -2.26. The fourth-order valence-corrected chi connectivity index (χ4v) is 23.9. The van der Waals surface area contributed by atoms with E-state index in [-0.39, 0.29) is 0 Å². The third-order valence-corrected chi connectivity index (χ3v) is 30.6. The number of fused-ring (bicyclic) bond motifs is 15. The minimum atomic E-state index is 0.886. The normalized spacial score (nSPS) is 11.5. The van der Waals surface area contributed by atoms with Gasteiger partial charge < -0.3 is 33.8 Å². The predicted molar refractivity (Wildman–Crippen MR) is 591 cm³/mol. The van der Waals surface area contributed by atoms with Crippen molar-refractivity contribution in [2.45, 2.75) is 0 Å². The molecular weight excluding hydrogens is 1740 g/mol. The Morgan fingerprint density at radius 3 is 0.540 bits per heavy atom. The fourth-order valence-electron chi connectivity index (χ4n) is 19.6. The summed E-state index contributed by atoms with van der Waals surface area (Å²) in [4.78, 5) is 14.3. The molecule has 21 aromatic carbocycles. The van der Waals surface area contributed by atoms with E-state index < -0.39 is 0 Å². The summed E-state index contributed by atoms with van der Waals surface area (Å²) in [6, 6.07) is 184. The Morgan fingerprint density at radius 1 is 0.117 bits per heavy atom. The van der Waals surface area contributed by atoms with Crippen LogP contribution in [-0.4, -0.2) is 0 Å². The molecular formula is C126H84N6OS4. The molecule has 0 unspecified atom stereocenters. The minimum Gasteiger partial charge on any atom is -0.456 e. The van der Waals surface area contributed by atoms with E-state index in [0.29, 0.717) is 0 Å². The van der Waals surface area contributed by atoms with E-state index >= 15 is 0 Å². The highest BCUT2D eigenvalue weighted by atomic mass is 32.1. The van der Waals surface area contributed by atoms with Gasteiger partial charge in [-0.3, -0.25) is 0 Å². The van der Waals surface area contributed by atoms with E-state index in [2.05, 4.69) is 527 Å². The summed E-state index contributed by atoms with van der Waals surface area (Å²) < 4.78 is 16.3. The van der Waals surface area contributed by atoms with Gasteiger partial charge in [0.2, 0.25) is 0 Å². The molecule has 26 aromatic rings. The lowest BCUT2D eigenvalue weighted by molar-refractivity contribution is 0.669. The van der Waals surface area contributed by atoms with Crippen LogP contribution in [0.5, 0.6) is 0 Å². The molecule has 0 aliphatic carbocycles. The number of benzene rings is 21. The van der Waals surface area contributed by atoms with Gasteiger partial charge in [0.15, 0.2) is 0 Å². The number of para-hydroxylation sites is 8. The average molecular weight is 1830 g/mol. The van der Waals surface area contributed by atoms with E-state index in [4.69, 9.17) is 4.42 Å². The number of thiophene rings is 4. The highest BCUT2D eigenvalue weighted by Crippen LogP contribution is 2.52. The van der Waals surface area contributed by atoms with Crippen LogP contribution < -0.4 is 29.4 Å². The number of anilines is 18. The van der Waals surface area contributed by atoms with Crippen LogP contribution in [0.2, 0.25) is 0 Å². The molecule has 0 radical (unpaired) electrons. The first-order valence-electron chi connectivity index (χ1n) is 46.1. The van der Waals surface area contributed by atoms with Gasteiger partial charge in [0.05, 0.1) is 0 Å². The van der Waals surface area contributed by atoms with Gasteiger partial charge in [-0.15, -0.1) is 45.3 Å². The molecule has 0 fully saturated rings. The van der Waals surface area contributed by atoms with Crippen molar-refractivity contribution in [1.82, 2.24) is 0 Å². The van der Waals surface area contributed by atoms with E-state index in [1.54, 1.807) is 0 Å². The molecule has 0 saturated carbocycles. The first-order valence-corrected chi connectivity index (χ1v) is 49.4. The second-order valence-electron chi connectivity index (χ2n) is 34.3. The van der Waals surface area contributed by atoms with Crippen LogP contribution in [0.15, 0.2) is 514 Å². The van der Waals surface area contributed by atoms with Crippen LogP contribution in [-0.2, 0) is 0 Å². The second-order valence-corrected chi connectivity index (χ2v) is 38.7. The Labute approximate surface area is 809 Å². The van der Waals surface area contributed by atoms with Gasteiger partial charge >= 0.3 is 0 Å². The summed E-state index contributed by atoms with van der Waals surface area (Å²) in [7, 11) is 0. The maximum absolute atomic E-state index is 6.25. The van der Waals surface area contributed by atoms with Gasteiger partial charge in [-0.1, -0.05) is 231 Å². The van der Waals surface area contributed by atoms with Crippen molar-refractivity contribution in [1.29, 1.82) is 0 Å². The first-order chi connectivity index (χ1) is 67.9. The molecule has 0 bridgehead atoms. The van der Waals surface area contributed by atoms with Crippen molar-refractivity contribution in [2.75, 3.05) is 29.4 Å². The van der Waals surface area contributed by atoms with E-state index in [1.165, 1.54) is 103 Å². The van der Waals surface area contributed by atoms with Crippen LogP contribution in [0.4, 0.5) is 102 Å². The van der Waals surface area contributed by atoms with Crippen LogP contribution in [0, 0.1) is 0 Å². The van der Waals surface area contributed by atoms with Crippen LogP contribution in [0.1, 0.15) is 0 Å². The van der Waals surface area contributed by atoms with E-state index in [0.717, 1.165) is 124 Å². The van der Waals surface area contributed by atoms with Gasteiger partial charge in [0.1, 0.15) is 11.2 Å². The highest BCUT2D eigenvalue weighted by molar-refractivity contribution is 7.27. The lowest BCUT2D eigenvalue weighted by Crippen LogP contribution is -2.10. The van der Waals surface area contributed by atoms with Gasteiger partial charge in [-0.05, 0) is 301 Å². The van der Waals surface area contributed by atoms with Crippen molar-refractivity contribution in [3.8, 4) is 22.3 Å². The SMILES string of the molecule is c1ccc(-c2cccc(N(c3ccccc3)c3ccc4sc5ccc(N(c6ccccc6)c6ccc7sc8ccc(N(c9ccccc9)c9cccc(-c%10ccccc%10)c9)cc8c7c6)cc5c4c3)c2)cc1.c1ccc(N(c2ccccc2)c2ccc3sc4ccc(N(c5ccccc5)c5ccc6sc7ccc(N(c8ccccc8)c8ccc9oc%10ccccc%10c9c8)cc7c6c5)cc4c3c2)cc1. The molecule has 0 amide bonds. The zero-order valence-electron chi connectivity index (χ0n) is 74.2. The molecule has 137 heavy (non-hydrogen) atoms. The van der Waals surface area contributed by atoms with Crippen LogP contribution >= 0.6 is 45.3 Å². The monoisotopic (exact) mass is 1820 g/mol. The number of rotatable bonds is 20. The zero-order chi connectivity index (χ0) is 90.6. The third kappa shape index (κ3) is 15.6. The molecule has 0 saturated heterocycles. The summed E-state index contributed by atoms with van der Waals surface area (Å²) >= 11 is 7.39. The molecule has 26 rings (SSSR count). The van der Waals surface area contributed by atoms with Crippen molar-refractivity contribution < 1.29 is 4.42 Å². The maximum Gasteiger partial charge on any atom is 0.135 e. The third-order valence-electron chi connectivity index (χ3n) is 26.0. The molecule has 0 aliphatic rings. The number of furan rings is 1. The molecule has 0 atom stereocenters. The van der Waals surface area contributed by atoms with Crippen LogP contribution in [0.25, 0.3) is 125 Å². The number of hydrogen-bond acceptors (Lipinski definition) is 11. The molecule has 0 spiro atoms. The smallest absolute Gasteiger partial charge is 0.135 e. The second kappa shape index (κ2) is 35.6. The molecule has 648 valence electrons. The highest BCUT2D eigenvalue weighted by Gasteiger charge is 2.26. The molecule has 0 N–H and O–H groups in total. The summed E-state index contributed by atoms with van der Waals surface area (Å²) in [5, 5.41) is 12.1. The van der Waals surface area contributed by atoms with Gasteiger partial charge in [0, 0.05) is 194 Å². The Balaban J connectivity index is 0.000000146. The van der Waals surface area contributed by atoms with E-state index in [1.807, 2.05) is 57.5 Å². The maximum atomic E-state index is 6.25. The molecule has 0 aliphatic heterocycles. The molecule has 11 heteroatoms. The predicted octanol–water partition coefficient (Wildman–Crippen LogP) is 38.9. The van der Waals surface area contributed by atoms with Gasteiger partial charge in [0.25, 0.3) is 0 Å². The standard InChI is InChI=1S/C66H45N3S2.C60H39N3OS2/c1-6-18-46(19-7-1)48-22-16-30-53(40-48)67(50-24-10-3-11-25-50)55-32-36-63-59(42-55)61-44-57(34-38-65(61)70-63)69(52-28-14-5-15-29-52)58-35-39-66-62(45-58)60-43-56(33-37-64(60)71-66)68(51-26-12-4-13-27-51)54-31-17-23-49(41-54)47-20-8-2-9-21-47;1-5-15-40(16-6-1)61(41-17-7-2-8-18-41)45-26-31-57-51(36-45)52-38-47(28-33-58(52)65-57)63(43-21-11-4-12-22-43)48-29-34-60-54(39-48)53-37-46(27-32-59(53)66-60)62(42-19-9-3-10-20-42)44-25-30-56-50(35-44)49-23-13-14-24-55(49)64-56/h1-45H;1-39H. The molecule has 5 aromatic heterocycles. The Morgan fingerprint density at radius 2 is 0.292 bits per heavy atom. The van der Waals surface area contributed by atoms with Crippen molar-refractivity contribution >= 4 is 250 Å². The minimum absolute atomic E-state index is 0.886. The Hall–Kier alpha value is -16.9. The topological polar surface area (TPSA) is 32.6 Å². The fraction of sp³-hybridized carbons (Fsp3) is 0. The Bertz CT molecular complexity index is 8660. The zero-order valence-corrected chi connectivity index (χ0v) is 77.5. The summed E-state index contributed by atoms with van der Waals surface area (Å²) in [6.45, 7) is 0. The van der Waals surface area contributed by atoms with Crippen molar-refractivity contribution in [2.24, 2.45) is 0 Å². The quantitative estimate of drug-likeness (QED) is 0.0752. The van der Waals surface area contributed by atoms with E-state index in [9.17, 15) is 0 Å². The molecule has 5 heterocycles. The summed E-state index contributed by atoms with van der Waals surface area (Å²) in [6.07, 6.45) is 0.